The van der Waals surface area contributed by atoms with Crippen molar-refractivity contribution >= 4 is 15.9 Å². The second-order valence-corrected chi connectivity index (χ2v) is 4.21. The number of nitrogens with zero attached hydrogens (tertiary/aromatic N) is 2. The summed E-state index contributed by atoms with van der Waals surface area (Å²) in [4.78, 5) is 23.6. The summed E-state index contributed by atoms with van der Waals surface area (Å²) in [6.45, 7) is 5.33. The van der Waals surface area contributed by atoms with E-state index in [1.165, 1.54) is 4.52 Å². The van der Waals surface area contributed by atoms with Crippen molar-refractivity contribution in [3.63, 3.8) is 0 Å². The van der Waals surface area contributed by atoms with Gasteiger partial charge >= 0.3 is 0 Å². The van der Waals surface area contributed by atoms with E-state index in [0.717, 1.165) is 11.4 Å². The fourth-order valence-corrected chi connectivity index (χ4v) is 2.48. The SMILES string of the molecule is Cc1c(C)[15n]2c(CBr)c(C)c(=O)[15n]2c1=O. The smallest absolute Gasteiger partial charge is 0.267 e. The Bertz CT molecular complexity index is 639. The highest BCUT2D eigenvalue weighted by atomic mass is 79.9. The Morgan fingerprint density at radius 1 is 1.00 bits per heavy atom. The molecule has 0 N–H and O–H groups in total. The van der Waals surface area contributed by atoms with Gasteiger partial charge in [0.15, 0.2) is 0 Å². The second-order valence-electron chi connectivity index (χ2n) is 3.65. The number of hydrogen-bond donors (Lipinski definition) is 0. The van der Waals surface area contributed by atoms with Crippen molar-refractivity contribution in [2.24, 2.45) is 0 Å². The topological polar surface area (TPSA) is 43.0 Å². The second kappa shape index (κ2) is 3.20. The molecule has 0 aliphatic rings. The molecule has 2 rings (SSSR count). The molecule has 0 spiro atoms. The lowest BCUT2D eigenvalue weighted by atomic mass is 10.3. The number of aromatic nitrogens is 2. The molecule has 2 aromatic rings. The van der Waals surface area contributed by atoms with Crippen LogP contribution >= 0.6 is 15.9 Å². The van der Waals surface area contributed by atoms with E-state index in [4.69, 9.17) is 0 Å². The lowest BCUT2D eigenvalue weighted by Gasteiger charge is -1.97. The highest BCUT2D eigenvalue weighted by Crippen LogP contribution is 2.12. The maximum atomic E-state index is 11.8. The van der Waals surface area contributed by atoms with Gasteiger partial charge < -0.3 is 0 Å². The van der Waals surface area contributed by atoms with Gasteiger partial charge in [-0.15, -0.1) is 0 Å². The van der Waals surface area contributed by atoms with Gasteiger partial charge in [0.2, 0.25) is 0 Å². The zero-order valence-electron chi connectivity index (χ0n) is 8.80. The third-order valence-electron chi connectivity index (χ3n) is 2.90. The number of hydrogen-bond acceptors (Lipinski definition) is 2. The average molecular weight is 273 g/mol. The standard InChI is InChI=1S/C10H11BrN2O2/c1-5-7(3)12-8(4-11)6(2)10(15)13(12)9(5)14/h4H2,1-3H3/i12+1,13+1. The Balaban J connectivity index is 3.17. The maximum absolute atomic E-state index is 11.8. The molecular formula is C10H11BrN2O2. The quantitative estimate of drug-likeness (QED) is 0.728. The molecule has 0 amide bonds. The minimum absolute atomic E-state index is 0.215. The molecule has 0 unspecified atom stereocenters. The number of halogens is 1. The van der Waals surface area contributed by atoms with Gasteiger partial charge in [-0.05, 0) is 20.8 Å². The van der Waals surface area contributed by atoms with E-state index in [9.17, 15) is 9.59 Å². The zero-order chi connectivity index (χ0) is 11.3. The molecule has 0 fully saturated rings. The summed E-state index contributed by atoms with van der Waals surface area (Å²) in [5, 5.41) is 0.568. The van der Waals surface area contributed by atoms with E-state index in [1.54, 1.807) is 18.4 Å². The van der Waals surface area contributed by atoms with E-state index < -0.39 is 0 Å². The predicted molar refractivity (Wildman–Crippen MR) is 61.4 cm³/mol. The summed E-state index contributed by atoms with van der Waals surface area (Å²) >= 11 is 3.34. The summed E-state index contributed by atoms with van der Waals surface area (Å²) in [7, 11) is 0. The minimum Gasteiger partial charge on any atom is -0.267 e. The number of aryl methyl sites for hydroxylation is 1. The molecule has 2 heterocycles. The van der Waals surface area contributed by atoms with Crippen molar-refractivity contribution in [1.29, 1.82) is 0 Å². The molecule has 0 saturated carbocycles. The molecule has 0 aliphatic heterocycles. The van der Waals surface area contributed by atoms with Crippen LogP contribution in [0.4, 0.5) is 0 Å². The Kier molecular flexibility index (Phi) is 2.22. The van der Waals surface area contributed by atoms with Crippen molar-refractivity contribution in [2.75, 3.05) is 0 Å². The van der Waals surface area contributed by atoms with Crippen LogP contribution in [-0.4, -0.2) is 9.03 Å². The Labute approximate surface area is 94.6 Å². The highest BCUT2D eigenvalue weighted by molar-refractivity contribution is 9.08. The first-order valence-corrected chi connectivity index (χ1v) is 5.74. The molecule has 0 aromatic carbocycles. The Morgan fingerprint density at radius 2 is 1.53 bits per heavy atom. The molecule has 5 heteroatoms. The summed E-state index contributed by atoms with van der Waals surface area (Å²) in [6.07, 6.45) is 0. The molecule has 80 valence electrons. The average Bonchev–Trinajstić information content (AvgIpc) is 2.59. The van der Waals surface area contributed by atoms with Crippen LogP contribution in [0, 0.1) is 20.8 Å². The van der Waals surface area contributed by atoms with Gasteiger partial charge in [-0.3, -0.25) is 14.1 Å². The zero-order valence-corrected chi connectivity index (χ0v) is 10.4. The van der Waals surface area contributed by atoms with Gasteiger partial charge in [-0.25, -0.2) is 0 Å². The first-order valence-electron chi connectivity index (χ1n) is 4.62. The molecule has 4 nitrogen and oxygen atoms in total. The van der Waals surface area contributed by atoms with E-state index >= 15 is 0 Å². The van der Waals surface area contributed by atoms with Crippen LogP contribution in [0.2, 0.25) is 0 Å². The molecule has 0 radical (unpaired) electrons. The number of fused-ring (bicyclic) bond motifs is 1. The van der Waals surface area contributed by atoms with E-state index in [0.29, 0.717) is 16.5 Å². The van der Waals surface area contributed by atoms with Gasteiger partial charge in [-0.1, -0.05) is 15.9 Å². The van der Waals surface area contributed by atoms with Crippen molar-refractivity contribution in [3.05, 3.63) is 43.2 Å². The van der Waals surface area contributed by atoms with Crippen LogP contribution < -0.4 is 11.1 Å². The van der Waals surface area contributed by atoms with Gasteiger partial charge in [0, 0.05) is 22.2 Å². The van der Waals surface area contributed by atoms with Crippen LogP contribution in [0.3, 0.4) is 0 Å². The Morgan fingerprint density at radius 3 is 2.07 bits per heavy atom. The van der Waals surface area contributed by atoms with E-state index in [1.807, 2.05) is 6.92 Å². The summed E-state index contributed by atoms with van der Waals surface area (Å²) in [6, 6.07) is 0. The van der Waals surface area contributed by atoms with Gasteiger partial charge in [0.25, 0.3) is 11.1 Å². The molecule has 15 heavy (non-hydrogen) atoms. The third-order valence-corrected chi connectivity index (χ3v) is 3.43. The van der Waals surface area contributed by atoms with Gasteiger partial charge in [0.1, 0.15) is 0 Å². The molecule has 0 bridgehead atoms. The molecule has 0 saturated heterocycles. The van der Waals surface area contributed by atoms with Crippen LogP contribution in [0.15, 0.2) is 9.59 Å². The minimum atomic E-state index is -0.217. The summed E-state index contributed by atoms with van der Waals surface area (Å²) < 4.78 is 2.90. The lowest BCUT2D eigenvalue weighted by molar-refractivity contribution is 0.766. The normalized spacial score (nSPS) is 11.5. The summed E-state index contributed by atoms with van der Waals surface area (Å²) in [5.41, 5.74) is 2.52. The number of rotatable bonds is 1. The number of alkyl halides is 1. The van der Waals surface area contributed by atoms with Gasteiger partial charge in [0.05, 0.1) is 5.69 Å². The monoisotopic (exact) mass is 272 g/mol. The summed E-state index contributed by atoms with van der Waals surface area (Å²) in [5.74, 6) is 0. The molecule has 0 aliphatic carbocycles. The predicted octanol–water partition coefficient (Wildman–Crippen LogP) is 1.02. The molecule has 0 atom stereocenters. The van der Waals surface area contributed by atoms with Crippen molar-refractivity contribution < 1.29 is 0 Å². The van der Waals surface area contributed by atoms with Crippen molar-refractivity contribution in [1.82, 2.24) is 9.03 Å². The van der Waals surface area contributed by atoms with Crippen molar-refractivity contribution in [2.45, 2.75) is 26.1 Å². The molecular weight excluding hydrogens is 262 g/mol. The van der Waals surface area contributed by atoms with E-state index in [-0.39, 0.29) is 11.1 Å². The van der Waals surface area contributed by atoms with Crippen LogP contribution in [-0.2, 0) is 5.33 Å². The van der Waals surface area contributed by atoms with Gasteiger partial charge in [-0.2, -0.15) is 4.52 Å². The maximum Gasteiger partial charge on any atom is 0.277 e. The lowest BCUT2D eigenvalue weighted by Crippen LogP contribution is -2.23. The largest absolute Gasteiger partial charge is 0.277 e. The van der Waals surface area contributed by atoms with E-state index in [2.05, 4.69) is 15.9 Å². The first-order chi connectivity index (χ1) is 7.00. The van der Waals surface area contributed by atoms with Crippen LogP contribution in [0.1, 0.15) is 22.5 Å². The van der Waals surface area contributed by atoms with Crippen LogP contribution in [0.5, 0.6) is 0 Å². The van der Waals surface area contributed by atoms with Crippen molar-refractivity contribution in [3.8, 4) is 0 Å². The fourth-order valence-electron chi connectivity index (χ4n) is 1.82. The van der Waals surface area contributed by atoms with Crippen LogP contribution in [0.25, 0.3) is 0 Å². The fraction of sp³-hybridized carbons (Fsp3) is 0.400. The third kappa shape index (κ3) is 1.13. The molecule has 2 aromatic heterocycles. The first kappa shape index (κ1) is 10.4. The highest BCUT2D eigenvalue weighted by Gasteiger charge is 2.18. The Hall–Kier alpha value is -1.10.